The predicted octanol–water partition coefficient (Wildman–Crippen LogP) is 2.83. The molecule has 29 heavy (non-hydrogen) atoms. The number of hydrazone groups is 1. The lowest BCUT2D eigenvalue weighted by Crippen LogP contribution is -2.34. The zero-order valence-corrected chi connectivity index (χ0v) is 16.0. The van der Waals surface area contributed by atoms with Crippen molar-refractivity contribution in [2.45, 2.75) is 5.92 Å². The number of fused-ring (bicyclic) bond motifs is 1. The molecule has 0 unspecified atom stereocenters. The van der Waals surface area contributed by atoms with Crippen LogP contribution >= 0.6 is 0 Å². The third-order valence-electron chi connectivity index (χ3n) is 5.21. The van der Waals surface area contributed by atoms with Crippen molar-refractivity contribution in [3.05, 3.63) is 77.9 Å². The summed E-state index contributed by atoms with van der Waals surface area (Å²) < 4.78 is 5.43. The maximum absolute atomic E-state index is 12.7. The zero-order chi connectivity index (χ0) is 20.2. The van der Waals surface area contributed by atoms with Crippen molar-refractivity contribution in [2.75, 3.05) is 13.7 Å². The third-order valence-corrected chi connectivity index (χ3v) is 5.21. The molecule has 0 spiro atoms. The summed E-state index contributed by atoms with van der Waals surface area (Å²) >= 11 is 0. The van der Waals surface area contributed by atoms with E-state index < -0.39 is 11.8 Å². The summed E-state index contributed by atoms with van der Waals surface area (Å²) in [5.41, 5.74) is 4.25. The second-order valence-electron chi connectivity index (χ2n) is 6.88. The minimum absolute atomic E-state index is 0.217. The Morgan fingerprint density at radius 3 is 2.66 bits per heavy atom. The van der Waals surface area contributed by atoms with Gasteiger partial charge in [-0.25, -0.2) is 5.43 Å². The summed E-state index contributed by atoms with van der Waals surface area (Å²) in [7, 11) is 1.59. The number of carbonyl (C=O) groups is 2. The lowest BCUT2D eigenvalue weighted by Gasteiger charge is -2.15. The van der Waals surface area contributed by atoms with Gasteiger partial charge in [0.2, 0.25) is 5.91 Å². The molecule has 0 aromatic heterocycles. The molecule has 146 valence electrons. The molecule has 0 radical (unpaired) electrons. The van der Waals surface area contributed by atoms with Crippen LogP contribution in [0.5, 0.6) is 5.75 Å². The summed E-state index contributed by atoms with van der Waals surface area (Å²) in [6.45, 7) is 0.432. The number of carbonyl (C=O) groups excluding carboxylic acids is 2. The van der Waals surface area contributed by atoms with E-state index in [0.29, 0.717) is 12.3 Å². The Bertz CT molecular complexity index is 1080. The van der Waals surface area contributed by atoms with Crippen molar-refractivity contribution in [3.63, 3.8) is 0 Å². The smallest absolute Gasteiger partial charge is 0.253 e. The summed E-state index contributed by atoms with van der Waals surface area (Å²) in [6.07, 6.45) is 1.56. The SMILES string of the molecule is COc1ccc2ccccc2c1/C=N/NC(=O)[C@H]1C(=O)NC[C@H]1c1ccccc1. The first-order chi connectivity index (χ1) is 14.2. The van der Waals surface area contributed by atoms with Crippen molar-refractivity contribution in [1.82, 2.24) is 10.7 Å². The summed E-state index contributed by atoms with van der Waals surface area (Å²) in [4.78, 5) is 25.0. The predicted molar refractivity (Wildman–Crippen MR) is 112 cm³/mol. The van der Waals surface area contributed by atoms with Crippen LogP contribution in [-0.2, 0) is 9.59 Å². The molecule has 3 aromatic rings. The van der Waals surface area contributed by atoms with Gasteiger partial charge in [0.25, 0.3) is 5.91 Å². The summed E-state index contributed by atoms with van der Waals surface area (Å²) in [6, 6.07) is 21.3. The molecule has 2 amide bonds. The number of hydrogen-bond acceptors (Lipinski definition) is 4. The number of benzene rings is 3. The molecule has 0 aliphatic carbocycles. The fourth-order valence-electron chi connectivity index (χ4n) is 3.75. The van der Waals surface area contributed by atoms with Gasteiger partial charge in [0.1, 0.15) is 11.7 Å². The van der Waals surface area contributed by atoms with E-state index >= 15 is 0 Å². The molecule has 6 heteroatoms. The fraction of sp³-hybridized carbons (Fsp3) is 0.174. The second-order valence-corrected chi connectivity index (χ2v) is 6.88. The first kappa shape index (κ1) is 18.7. The van der Waals surface area contributed by atoms with E-state index in [1.165, 1.54) is 0 Å². The Morgan fingerprint density at radius 1 is 1.10 bits per heavy atom. The number of methoxy groups -OCH3 is 1. The van der Waals surface area contributed by atoms with Gasteiger partial charge in [0.05, 0.1) is 13.3 Å². The van der Waals surface area contributed by atoms with Crippen LogP contribution in [0.4, 0.5) is 0 Å². The number of amides is 2. The van der Waals surface area contributed by atoms with E-state index in [1.807, 2.05) is 66.7 Å². The normalized spacial score (nSPS) is 18.7. The van der Waals surface area contributed by atoms with Gasteiger partial charge in [-0.3, -0.25) is 9.59 Å². The van der Waals surface area contributed by atoms with Crippen LogP contribution in [0.3, 0.4) is 0 Å². The highest BCUT2D eigenvalue weighted by atomic mass is 16.5. The lowest BCUT2D eigenvalue weighted by atomic mass is 9.88. The fourth-order valence-corrected chi connectivity index (χ4v) is 3.75. The lowest BCUT2D eigenvalue weighted by molar-refractivity contribution is -0.133. The molecule has 0 bridgehead atoms. The van der Waals surface area contributed by atoms with E-state index in [4.69, 9.17) is 4.74 Å². The Balaban J connectivity index is 1.56. The van der Waals surface area contributed by atoms with Crippen molar-refractivity contribution in [3.8, 4) is 5.75 Å². The molecule has 2 atom stereocenters. The van der Waals surface area contributed by atoms with Crippen LogP contribution in [0, 0.1) is 5.92 Å². The highest BCUT2D eigenvalue weighted by Crippen LogP contribution is 2.29. The molecule has 1 heterocycles. The van der Waals surface area contributed by atoms with E-state index in [9.17, 15) is 9.59 Å². The Morgan fingerprint density at radius 2 is 1.86 bits per heavy atom. The number of hydrogen-bond donors (Lipinski definition) is 2. The minimum atomic E-state index is -0.816. The first-order valence-electron chi connectivity index (χ1n) is 9.40. The molecule has 1 aliphatic rings. The zero-order valence-electron chi connectivity index (χ0n) is 16.0. The van der Waals surface area contributed by atoms with Gasteiger partial charge in [0, 0.05) is 18.0 Å². The molecular weight excluding hydrogens is 366 g/mol. The monoisotopic (exact) mass is 387 g/mol. The van der Waals surface area contributed by atoms with Crippen LogP contribution in [-0.4, -0.2) is 31.7 Å². The van der Waals surface area contributed by atoms with Crippen molar-refractivity contribution < 1.29 is 14.3 Å². The molecule has 6 nitrogen and oxygen atoms in total. The van der Waals surface area contributed by atoms with Gasteiger partial charge >= 0.3 is 0 Å². The van der Waals surface area contributed by atoms with Crippen LogP contribution in [0.2, 0.25) is 0 Å². The number of nitrogens with zero attached hydrogens (tertiary/aromatic N) is 1. The quantitative estimate of drug-likeness (QED) is 0.401. The van der Waals surface area contributed by atoms with Crippen LogP contribution < -0.4 is 15.5 Å². The molecule has 3 aromatic carbocycles. The summed E-state index contributed by atoms with van der Waals surface area (Å²) in [5, 5.41) is 8.91. The Hall–Kier alpha value is -3.67. The van der Waals surface area contributed by atoms with Gasteiger partial charge < -0.3 is 10.1 Å². The molecule has 1 saturated heterocycles. The number of rotatable bonds is 5. The van der Waals surface area contributed by atoms with Crippen LogP contribution in [0.15, 0.2) is 71.8 Å². The van der Waals surface area contributed by atoms with Gasteiger partial charge in [-0.1, -0.05) is 60.7 Å². The van der Waals surface area contributed by atoms with Crippen molar-refractivity contribution in [1.29, 1.82) is 0 Å². The van der Waals surface area contributed by atoms with Crippen LogP contribution in [0.1, 0.15) is 17.0 Å². The minimum Gasteiger partial charge on any atom is -0.496 e. The standard InChI is InChI=1S/C23H21N3O3/c1-29-20-12-11-16-9-5-6-10-17(16)19(20)14-25-26-23(28)21-18(13-24-22(21)27)15-7-3-2-4-8-15/h2-12,14,18,21H,13H2,1H3,(H,24,27)(H,26,28)/b25-14+/t18-,21+/m0/s1. The van der Waals surface area contributed by atoms with E-state index in [2.05, 4.69) is 15.8 Å². The summed E-state index contributed by atoms with van der Waals surface area (Å²) in [5.74, 6) is -1.09. The largest absolute Gasteiger partial charge is 0.496 e. The van der Waals surface area contributed by atoms with Crippen molar-refractivity contribution in [2.24, 2.45) is 11.0 Å². The molecular formula is C23H21N3O3. The van der Waals surface area contributed by atoms with Gasteiger partial charge in [-0.2, -0.15) is 5.10 Å². The highest BCUT2D eigenvalue weighted by molar-refractivity contribution is 6.05. The number of nitrogens with one attached hydrogen (secondary N) is 2. The van der Waals surface area contributed by atoms with E-state index in [-0.39, 0.29) is 11.8 Å². The topological polar surface area (TPSA) is 79.8 Å². The first-order valence-corrected chi connectivity index (χ1v) is 9.40. The Kier molecular flexibility index (Phi) is 5.24. The van der Waals surface area contributed by atoms with Crippen molar-refractivity contribution >= 4 is 28.8 Å². The van der Waals surface area contributed by atoms with Gasteiger partial charge in [-0.05, 0) is 22.4 Å². The second kappa shape index (κ2) is 8.14. The average molecular weight is 387 g/mol. The molecule has 2 N–H and O–H groups in total. The highest BCUT2D eigenvalue weighted by Gasteiger charge is 2.40. The Labute approximate surface area is 168 Å². The maximum Gasteiger partial charge on any atom is 0.253 e. The van der Waals surface area contributed by atoms with E-state index in [0.717, 1.165) is 21.9 Å². The molecule has 1 fully saturated rings. The number of ether oxygens (including phenoxy) is 1. The van der Waals surface area contributed by atoms with Gasteiger partial charge in [-0.15, -0.1) is 0 Å². The average Bonchev–Trinajstić information content (AvgIpc) is 3.15. The van der Waals surface area contributed by atoms with Gasteiger partial charge in [0.15, 0.2) is 0 Å². The molecule has 1 aliphatic heterocycles. The molecule has 4 rings (SSSR count). The maximum atomic E-state index is 12.7. The van der Waals surface area contributed by atoms with E-state index in [1.54, 1.807) is 13.3 Å². The van der Waals surface area contributed by atoms with Crippen LogP contribution in [0.25, 0.3) is 10.8 Å². The third kappa shape index (κ3) is 3.69. The molecule has 0 saturated carbocycles.